The van der Waals surface area contributed by atoms with E-state index in [9.17, 15) is 4.39 Å². The molecule has 55 valence electrons. The first-order valence-corrected chi connectivity index (χ1v) is 4.16. The van der Waals surface area contributed by atoms with Gasteiger partial charge in [0.05, 0.1) is 0 Å². The van der Waals surface area contributed by atoms with Crippen molar-refractivity contribution in [2.24, 2.45) is 0 Å². The Morgan fingerprint density at radius 1 is 1.45 bits per heavy atom. The van der Waals surface area contributed by atoms with E-state index in [2.05, 4.69) is 5.38 Å². The first-order chi connectivity index (χ1) is 5.29. The van der Waals surface area contributed by atoms with Gasteiger partial charge >= 0.3 is 0 Å². The van der Waals surface area contributed by atoms with Crippen molar-refractivity contribution in [2.75, 3.05) is 0 Å². The fourth-order valence-electron chi connectivity index (χ4n) is 1.14. The van der Waals surface area contributed by atoms with Crippen LogP contribution in [0.1, 0.15) is 5.56 Å². The third-order valence-corrected chi connectivity index (χ3v) is 2.63. The highest BCUT2D eigenvalue weighted by Crippen LogP contribution is 2.26. The molecule has 1 radical (unpaired) electrons. The normalized spacial score (nSPS) is 10.7. The van der Waals surface area contributed by atoms with E-state index < -0.39 is 0 Å². The lowest BCUT2D eigenvalue weighted by atomic mass is 10.2. The maximum absolute atomic E-state index is 13.1. The second kappa shape index (κ2) is 2.31. The maximum atomic E-state index is 13.1. The average Bonchev–Trinajstić information content (AvgIpc) is 2.34. The summed E-state index contributed by atoms with van der Waals surface area (Å²) in [5.41, 5.74) is 0.906. The molecule has 11 heavy (non-hydrogen) atoms. The van der Waals surface area contributed by atoms with Crippen LogP contribution in [-0.4, -0.2) is 0 Å². The molecule has 2 heteroatoms. The number of rotatable bonds is 0. The third-order valence-electron chi connectivity index (χ3n) is 1.66. The predicted molar refractivity (Wildman–Crippen MR) is 45.4 cm³/mol. The molecule has 0 fully saturated rings. The van der Waals surface area contributed by atoms with Gasteiger partial charge in [0.25, 0.3) is 0 Å². The van der Waals surface area contributed by atoms with Gasteiger partial charge in [0, 0.05) is 15.5 Å². The van der Waals surface area contributed by atoms with E-state index in [0.29, 0.717) is 0 Å². The van der Waals surface area contributed by atoms with Crippen LogP contribution < -0.4 is 0 Å². The molecule has 0 aliphatic carbocycles. The summed E-state index contributed by atoms with van der Waals surface area (Å²) in [5, 5.41) is 3.74. The topological polar surface area (TPSA) is 0 Å². The zero-order chi connectivity index (χ0) is 7.84. The van der Waals surface area contributed by atoms with Crippen LogP contribution in [0, 0.1) is 18.1 Å². The van der Waals surface area contributed by atoms with Crippen LogP contribution in [0.2, 0.25) is 0 Å². The van der Waals surface area contributed by atoms with E-state index in [-0.39, 0.29) is 5.82 Å². The second-order valence-corrected chi connectivity index (χ2v) is 3.29. The Morgan fingerprint density at radius 2 is 2.27 bits per heavy atom. The van der Waals surface area contributed by atoms with E-state index in [4.69, 9.17) is 0 Å². The van der Waals surface area contributed by atoms with E-state index in [1.807, 2.05) is 13.0 Å². The first-order valence-electron chi connectivity index (χ1n) is 3.34. The molecule has 0 aliphatic heterocycles. The lowest BCUT2D eigenvalue weighted by molar-refractivity contribution is 0.639. The van der Waals surface area contributed by atoms with Gasteiger partial charge in [-0.2, -0.15) is 0 Å². The Hall–Kier alpha value is -0.890. The highest BCUT2D eigenvalue weighted by molar-refractivity contribution is 7.16. The van der Waals surface area contributed by atoms with Crippen molar-refractivity contribution in [3.05, 3.63) is 35.0 Å². The Morgan fingerprint density at radius 3 is 3.00 bits per heavy atom. The summed E-state index contributed by atoms with van der Waals surface area (Å²) >= 11 is 1.46. The second-order valence-electron chi connectivity index (χ2n) is 2.44. The highest BCUT2D eigenvalue weighted by atomic mass is 32.1. The summed E-state index contributed by atoms with van der Waals surface area (Å²) in [5.74, 6) is -0.141. The quantitative estimate of drug-likeness (QED) is 0.562. The average molecular weight is 165 g/mol. The number of benzene rings is 1. The Labute approximate surface area is 68.3 Å². The van der Waals surface area contributed by atoms with Gasteiger partial charge in [-0.15, -0.1) is 11.3 Å². The van der Waals surface area contributed by atoms with Gasteiger partial charge in [-0.05, 0) is 24.6 Å². The molecular formula is C9H6FS. The summed E-state index contributed by atoms with van der Waals surface area (Å²) in [4.78, 5) is 0. The van der Waals surface area contributed by atoms with E-state index in [0.717, 1.165) is 15.6 Å². The lowest BCUT2D eigenvalue weighted by Gasteiger charge is -1.91. The number of hydrogen-bond donors (Lipinski definition) is 0. The van der Waals surface area contributed by atoms with Gasteiger partial charge < -0.3 is 0 Å². The van der Waals surface area contributed by atoms with Crippen molar-refractivity contribution in [3.8, 4) is 0 Å². The summed E-state index contributed by atoms with van der Waals surface area (Å²) in [6.07, 6.45) is 0. The minimum Gasteiger partial charge on any atom is -0.206 e. The van der Waals surface area contributed by atoms with Gasteiger partial charge in [-0.25, -0.2) is 4.39 Å². The zero-order valence-electron chi connectivity index (χ0n) is 6.02. The standard InChI is InChI=1S/C9H6FS/c1-6-5-11-8-4-2-3-7(10)9(6)8/h2-4H,1H3. The van der Waals surface area contributed by atoms with Gasteiger partial charge in [-0.3, -0.25) is 0 Å². The van der Waals surface area contributed by atoms with Crippen LogP contribution in [0.5, 0.6) is 0 Å². The molecule has 0 atom stereocenters. The molecule has 1 heterocycles. The summed E-state index contributed by atoms with van der Waals surface area (Å²) in [6, 6.07) is 5.12. The minimum atomic E-state index is -0.141. The largest absolute Gasteiger partial charge is 0.206 e. The lowest BCUT2D eigenvalue weighted by Crippen LogP contribution is -1.74. The molecule has 0 saturated heterocycles. The highest BCUT2D eigenvalue weighted by Gasteiger charge is 2.04. The molecule has 0 saturated carbocycles. The number of hydrogen-bond acceptors (Lipinski definition) is 1. The molecule has 0 unspecified atom stereocenters. The maximum Gasteiger partial charge on any atom is 0.132 e. The first kappa shape index (κ1) is 6.80. The SMILES string of the molecule is Cc1[c]sc2cccc(F)c12. The van der Waals surface area contributed by atoms with Crippen molar-refractivity contribution >= 4 is 21.4 Å². The molecular weight excluding hydrogens is 159 g/mol. The van der Waals surface area contributed by atoms with Crippen LogP contribution in [-0.2, 0) is 0 Å². The monoisotopic (exact) mass is 165 g/mol. The number of aryl methyl sites for hydroxylation is 1. The van der Waals surface area contributed by atoms with Crippen LogP contribution >= 0.6 is 11.3 Å². The van der Waals surface area contributed by atoms with Gasteiger partial charge in [0.2, 0.25) is 0 Å². The molecule has 2 rings (SSSR count). The third kappa shape index (κ3) is 0.942. The fourth-order valence-corrected chi connectivity index (χ4v) is 2.00. The molecule has 0 aliphatic rings. The van der Waals surface area contributed by atoms with Crippen LogP contribution in [0.15, 0.2) is 18.2 Å². The molecule has 0 spiro atoms. The number of thiophene rings is 1. The number of fused-ring (bicyclic) bond motifs is 1. The van der Waals surface area contributed by atoms with Crippen LogP contribution in [0.3, 0.4) is 0 Å². The van der Waals surface area contributed by atoms with Crippen LogP contribution in [0.4, 0.5) is 4.39 Å². The van der Waals surface area contributed by atoms with Gasteiger partial charge in [0.1, 0.15) is 5.82 Å². The summed E-state index contributed by atoms with van der Waals surface area (Å²) in [7, 11) is 0. The molecule has 1 aromatic carbocycles. The van der Waals surface area contributed by atoms with E-state index >= 15 is 0 Å². The summed E-state index contributed by atoms with van der Waals surface area (Å²) < 4.78 is 14.0. The smallest absolute Gasteiger partial charge is 0.132 e. The van der Waals surface area contributed by atoms with Crippen molar-refractivity contribution in [2.45, 2.75) is 6.92 Å². The molecule has 0 bridgehead atoms. The Kier molecular flexibility index (Phi) is 1.43. The van der Waals surface area contributed by atoms with E-state index in [1.165, 1.54) is 17.4 Å². The number of halogens is 1. The predicted octanol–water partition coefficient (Wildman–Crippen LogP) is 3.15. The van der Waals surface area contributed by atoms with E-state index in [1.54, 1.807) is 6.07 Å². The zero-order valence-corrected chi connectivity index (χ0v) is 6.83. The minimum absolute atomic E-state index is 0.141. The van der Waals surface area contributed by atoms with Crippen molar-refractivity contribution in [3.63, 3.8) is 0 Å². The van der Waals surface area contributed by atoms with Crippen LogP contribution in [0.25, 0.3) is 10.1 Å². The molecule has 0 nitrogen and oxygen atoms in total. The molecule has 2 aromatic rings. The Bertz CT molecular complexity index is 389. The Balaban J connectivity index is 2.96. The fraction of sp³-hybridized carbons (Fsp3) is 0.111. The molecule has 1 aromatic heterocycles. The van der Waals surface area contributed by atoms with Crippen molar-refractivity contribution in [1.29, 1.82) is 0 Å². The van der Waals surface area contributed by atoms with Gasteiger partial charge in [-0.1, -0.05) is 6.07 Å². The van der Waals surface area contributed by atoms with Crippen molar-refractivity contribution < 1.29 is 4.39 Å². The van der Waals surface area contributed by atoms with Crippen molar-refractivity contribution in [1.82, 2.24) is 0 Å². The molecule has 0 amide bonds. The summed E-state index contributed by atoms with van der Waals surface area (Å²) in [6.45, 7) is 1.88. The molecule has 0 N–H and O–H groups in total. The van der Waals surface area contributed by atoms with Gasteiger partial charge in [0.15, 0.2) is 0 Å².